The largest absolute Gasteiger partial charge is 0.456 e. The second-order valence-corrected chi connectivity index (χ2v) is 5.13. The van der Waals surface area contributed by atoms with Crippen LogP contribution in [0.4, 0.5) is 5.69 Å². The first-order chi connectivity index (χ1) is 10.6. The van der Waals surface area contributed by atoms with Crippen molar-refractivity contribution in [3.8, 4) is 11.5 Å². The topological polar surface area (TPSA) is 65.3 Å². The summed E-state index contributed by atoms with van der Waals surface area (Å²) in [6.07, 6.45) is 3.09. The highest BCUT2D eigenvalue weighted by molar-refractivity contribution is 5.94. The Bertz CT molecular complexity index is 875. The van der Waals surface area contributed by atoms with E-state index in [1.54, 1.807) is 18.3 Å². The number of nitro benzene ring substituents is 1. The van der Waals surface area contributed by atoms with Crippen LogP contribution in [0.2, 0.25) is 0 Å². The van der Waals surface area contributed by atoms with Crippen LogP contribution in [0.5, 0.6) is 11.5 Å². The van der Waals surface area contributed by atoms with Gasteiger partial charge in [-0.2, -0.15) is 0 Å². The average molecular weight is 294 g/mol. The van der Waals surface area contributed by atoms with Crippen LogP contribution in [-0.4, -0.2) is 9.91 Å². The van der Waals surface area contributed by atoms with Crippen LogP contribution in [-0.2, 0) is 0 Å². The molecule has 0 aliphatic rings. The second kappa shape index (κ2) is 5.44. The highest BCUT2D eigenvalue weighted by atomic mass is 16.6. The molecule has 22 heavy (non-hydrogen) atoms. The van der Waals surface area contributed by atoms with Crippen LogP contribution >= 0.6 is 0 Å². The number of pyridine rings is 1. The number of ether oxygens (including phenoxy) is 1. The van der Waals surface area contributed by atoms with Crippen LogP contribution in [0.1, 0.15) is 11.1 Å². The number of nitro groups is 1. The number of hydrogen-bond acceptors (Lipinski definition) is 4. The molecule has 0 saturated carbocycles. The molecule has 0 aliphatic carbocycles. The molecule has 3 aromatic rings. The van der Waals surface area contributed by atoms with E-state index in [1.165, 1.54) is 12.3 Å². The van der Waals surface area contributed by atoms with Crippen molar-refractivity contribution in [2.24, 2.45) is 0 Å². The van der Waals surface area contributed by atoms with Gasteiger partial charge in [-0.25, -0.2) is 0 Å². The first-order valence-electron chi connectivity index (χ1n) is 6.82. The molecule has 0 radical (unpaired) electrons. The number of benzene rings is 2. The quantitative estimate of drug-likeness (QED) is 0.525. The number of rotatable bonds is 3. The monoisotopic (exact) mass is 294 g/mol. The van der Waals surface area contributed by atoms with Gasteiger partial charge in [0.2, 0.25) is 0 Å². The van der Waals surface area contributed by atoms with Crippen molar-refractivity contribution in [3.63, 3.8) is 0 Å². The van der Waals surface area contributed by atoms with E-state index in [0.29, 0.717) is 16.5 Å². The lowest BCUT2D eigenvalue weighted by atomic mass is 10.1. The van der Waals surface area contributed by atoms with Crippen molar-refractivity contribution < 1.29 is 9.66 Å². The number of aromatic nitrogens is 1. The summed E-state index contributed by atoms with van der Waals surface area (Å²) in [5.74, 6) is 1.31. The molecule has 0 atom stereocenters. The minimum Gasteiger partial charge on any atom is -0.456 e. The number of non-ortho nitro benzene ring substituents is 1. The van der Waals surface area contributed by atoms with E-state index in [-0.39, 0.29) is 5.69 Å². The van der Waals surface area contributed by atoms with E-state index < -0.39 is 4.92 Å². The maximum atomic E-state index is 11.1. The summed E-state index contributed by atoms with van der Waals surface area (Å²) in [5.41, 5.74) is 2.19. The number of nitrogens with zero attached hydrogens (tertiary/aromatic N) is 2. The summed E-state index contributed by atoms with van der Waals surface area (Å²) in [7, 11) is 0. The summed E-state index contributed by atoms with van der Waals surface area (Å²) in [5, 5.41) is 12.3. The van der Waals surface area contributed by atoms with Crippen molar-refractivity contribution in [1.82, 2.24) is 4.98 Å². The zero-order chi connectivity index (χ0) is 15.7. The Morgan fingerprint density at radius 3 is 2.55 bits per heavy atom. The van der Waals surface area contributed by atoms with Crippen LogP contribution in [0.15, 0.2) is 48.8 Å². The number of fused-ring (bicyclic) bond motifs is 1. The third-order valence-electron chi connectivity index (χ3n) is 3.50. The maximum absolute atomic E-state index is 11.1. The molecular formula is C17H14N2O3. The Hall–Kier alpha value is -2.95. The minimum atomic E-state index is -0.412. The molecule has 0 aliphatic heterocycles. The summed E-state index contributed by atoms with van der Waals surface area (Å²) < 4.78 is 5.96. The lowest BCUT2D eigenvalue weighted by molar-refractivity contribution is -0.383. The summed E-state index contributed by atoms with van der Waals surface area (Å²) in [4.78, 5) is 14.7. The van der Waals surface area contributed by atoms with Gasteiger partial charge in [0.15, 0.2) is 0 Å². The molecule has 5 nitrogen and oxygen atoms in total. The first kappa shape index (κ1) is 14.0. The summed E-state index contributed by atoms with van der Waals surface area (Å²) in [6, 6.07) is 10.7. The molecule has 1 heterocycles. The Kier molecular flexibility index (Phi) is 3.47. The lowest BCUT2D eigenvalue weighted by Crippen LogP contribution is -1.93. The smallest absolute Gasteiger partial charge is 0.279 e. The Morgan fingerprint density at radius 1 is 1.05 bits per heavy atom. The molecule has 1 aromatic heterocycles. The van der Waals surface area contributed by atoms with Gasteiger partial charge in [0.25, 0.3) is 5.69 Å². The Morgan fingerprint density at radius 2 is 1.82 bits per heavy atom. The summed E-state index contributed by atoms with van der Waals surface area (Å²) >= 11 is 0. The molecule has 3 rings (SSSR count). The molecule has 2 aromatic carbocycles. The third-order valence-corrected chi connectivity index (χ3v) is 3.50. The van der Waals surface area contributed by atoms with Gasteiger partial charge < -0.3 is 4.74 Å². The molecule has 0 N–H and O–H groups in total. The SMILES string of the molecule is Cc1ccc(Oc2ccc([N+](=O)[O-])c3cnccc23)c(C)c1. The van der Waals surface area contributed by atoms with Gasteiger partial charge in [-0.05, 0) is 37.6 Å². The molecule has 0 spiro atoms. The van der Waals surface area contributed by atoms with Crippen molar-refractivity contribution in [1.29, 1.82) is 0 Å². The van der Waals surface area contributed by atoms with Gasteiger partial charge in [0.05, 0.1) is 10.3 Å². The van der Waals surface area contributed by atoms with Crippen molar-refractivity contribution in [2.75, 3.05) is 0 Å². The maximum Gasteiger partial charge on any atom is 0.279 e. The number of hydrogen-bond donors (Lipinski definition) is 0. The Labute approximate surface area is 127 Å². The molecule has 0 amide bonds. The van der Waals surface area contributed by atoms with E-state index in [1.807, 2.05) is 32.0 Å². The van der Waals surface area contributed by atoms with Crippen molar-refractivity contribution >= 4 is 16.5 Å². The zero-order valence-electron chi connectivity index (χ0n) is 12.2. The molecular weight excluding hydrogens is 280 g/mol. The minimum absolute atomic E-state index is 0.0241. The molecule has 0 fully saturated rings. The summed E-state index contributed by atoms with van der Waals surface area (Å²) in [6.45, 7) is 3.99. The van der Waals surface area contributed by atoms with E-state index in [9.17, 15) is 10.1 Å². The van der Waals surface area contributed by atoms with Crippen LogP contribution in [0, 0.1) is 24.0 Å². The molecule has 110 valence electrons. The van der Waals surface area contributed by atoms with Crippen LogP contribution in [0.3, 0.4) is 0 Å². The predicted octanol–water partition coefficient (Wildman–Crippen LogP) is 4.55. The predicted molar refractivity (Wildman–Crippen MR) is 84.4 cm³/mol. The van der Waals surface area contributed by atoms with Gasteiger partial charge in [-0.1, -0.05) is 17.7 Å². The molecule has 0 unspecified atom stereocenters. The van der Waals surface area contributed by atoms with Gasteiger partial charge >= 0.3 is 0 Å². The fraction of sp³-hybridized carbons (Fsp3) is 0.118. The lowest BCUT2D eigenvalue weighted by Gasteiger charge is -2.11. The first-order valence-corrected chi connectivity index (χ1v) is 6.82. The fourth-order valence-corrected chi connectivity index (χ4v) is 2.43. The van der Waals surface area contributed by atoms with E-state index in [4.69, 9.17) is 4.74 Å². The van der Waals surface area contributed by atoms with Gasteiger partial charge in [0.1, 0.15) is 11.5 Å². The van der Waals surface area contributed by atoms with Crippen LogP contribution in [0.25, 0.3) is 10.8 Å². The van der Waals surface area contributed by atoms with Crippen molar-refractivity contribution in [3.05, 3.63) is 70.0 Å². The molecule has 0 saturated heterocycles. The van der Waals surface area contributed by atoms with E-state index >= 15 is 0 Å². The highest BCUT2D eigenvalue weighted by Gasteiger charge is 2.15. The third kappa shape index (κ3) is 2.48. The molecule has 0 bridgehead atoms. The van der Waals surface area contributed by atoms with E-state index in [2.05, 4.69) is 4.98 Å². The normalized spacial score (nSPS) is 10.6. The highest BCUT2D eigenvalue weighted by Crippen LogP contribution is 2.35. The van der Waals surface area contributed by atoms with Gasteiger partial charge in [0, 0.05) is 23.8 Å². The van der Waals surface area contributed by atoms with Gasteiger partial charge in [-0.3, -0.25) is 15.1 Å². The second-order valence-electron chi connectivity index (χ2n) is 5.13. The van der Waals surface area contributed by atoms with Gasteiger partial charge in [-0.15, -0.1) is 0 Å². The Balaban J connectivity index is 2.12. The van der Waals surface area contributed by atoms with Crippen molar-refractivity contribution in [2.45, 2.75) is 13.8 Å². The van der Waals surface area contributed by atoms with Crippen LogP contribution < -0.4 is 4.74 Å². The number of aryl methyl sites for hydroxylation is 2. The average Bonchev–Trinajstić information content (AvgIpc) is 2.50. The van der Waals surface area contributed by atoms with E-state index in [0.717, 1.165) is 16.9 Å². The standard InChI is InChI=1S/C17H14N2O3/c1-11-3-5-16(12(2)9-11)22-17-6-4-15(19(20)21)14-10-18-8-7-13(14)17/h3-10H,1-2H3. The fourth-order valence-electron chi connectivity index (χ4n) is 2.43. The zero-order valence-corrected chi connectivity index (χ0v) is 12.2. The molecule has 5 heteroatoms.